The van der Waals surface area contributed by atoms with Crippen molar-refractivity contribution >= 4 is 11.7 Å². The van der Waals surface area contributed by atoms with Crippen molar-refractivity contribution in [1.29, 1.82) is 0 Å². The van der Waals surface area contributed by atoms with Crippen LogP contribution in [-0.2, 0) is 0 Å². The van der Waals surface area contributed by atoms with Crippen LogP contribution in [0.2, 0.25) is 0 Å². The first-order valence-corrected chi connectivity index (χ1v) is 11.0. The van der Waals surface area contributed by atoms with Crippen LogP contribution in [0, 0.1) is 0 Å². The molecule has 0 saturated carbocycles. The van der Waals surface area contributed by atoms with Crippen molar-refractivity contribution < 1.29 is 9.53 Å². The number of benzene rings is 3. The fraction of sp³-hybridized carbons (Fsp3) is 0.296. The fourth-order valence-electron chi connectivity index (χ4n) is 4.28. The van der Waals surface area contributed by atoms with Gasteiger partial charge in [0.1, 0.15) is 11.5 Å². The highest BCUT2D eigenvalue weighted by molar-refractivity contribution is 5.91. The number of anilines is 1. The summed E-state index contributed by atoms with van der Waals surface area (Å²) in [6, 6.07) is 22.1. The molecular weight excluding hydrogens is 384 g/mol. The van der Waals surface area contributed by atoms with E-state index in [1.807, 2.05) is 36.4 Å². The van der Waals surface area contributed by atoms with Gasteiger partial charge in [-0.25, -0.2) is 4.79 Å². The topological polar surface area (TPSA) is 50.4 Å². The molecule has 160 valence electrons. The minimum atomic E-state index is -0.184. The van der Waals surface area contributed by atoms with Gasteiger partial charge in [-0.15, -0.1) is 0 Å². The smallest absolute Gasteiger partial charge is 0.319 e. The number of carbonyl (C=O) groups is 1. The van der Waals surface area contributed by atoms with Crippen molar-refractivity contribution in [3.63, 3.8) is 0 Å². The summed E-state index contributed by atoms with van der Waals surface area (Å²) in [7, 11) is 0. The molecule has 0 bridgehead atoms. The Hall–Kier alpha value is -3.27. The van der Waals surface area contributed by atoms with Gasteiger partial charge in [-0.05, 0) is 35.1 Å². The predicted octanol–water partition coefficient (Wildman–Crippen LogP) is 6.99. The van der Waals surface area contributed by atoms with E-state index >= 15 is 0 Å². The lowest BCUT2D eigenvalue weighted by Crippen LogP contribution is -2.34. The summed E-state index contributed by atoms with van der Waals surface area (Å²) < 4.78 is 6.07. The lowest BCUT2D eigenvalue weighted by atomic mass is 9.88. The molecule has 4 nitrogen and oxygen atoms in total. The Labute approximate surface area is 184 Å². The number of ether oxygens (including phenoxy) is 1. The van der Waals surface area contributed by atoms with Gasteiger partial charge in [-0.3, -0.25) is 0 Å². The molecule has 1 aliphatic heterocycles. The summed E-state index contributed by atoms with van der Waals surface area (Å²) >= 11 is 0. The standard InChI is InChI=1S/C27H30N2O2/c1-17(2)19-12-9-13-20(18(3)4)26(19)29-27(30)28-16-23-21-10-5-7-14-24(21)31-25-15-8-6-11-22(23)25/h5-15,17-18,23H,16H2,1-4H3,(H2,28,29,30). The van der Waals surface area contributed by atoms with Crippen LogP contribution in [0.3, 0.4) is 0 Å². The number of para-hydroxylation sites is 3. The molecule has 3 aromatic carbocycles. The molecule has 0 unspecified atom stereocenters. The number of rotatable bonds is 5. The van der Waals surface area contributed by atoms with E-state index in [4.69, 9.17) is 4.74 Å². The van der Waals surface area contributed by atoms with Gasteiger partial charge in [0, 0.05) is 29.3 Å². The molecule has 3 aromatic rings. The van der Waals surface area contributed by atoms with Gasteiger partial charge in [0.15, 0.2) is 0 Å². The van der Waals surface area contributed by atoms with E-state index in [0.29, 0.717) is 18.4 Å². The molecule has 2 N–H and O–H groups in total. The largest absolute Gasteiger partial charge is 0.457 e. The van der Waals surface area contributed by atoms with E-state index in [9.17, 15) is 4.79 Å². The van der Waals surface area contributed by atoms with Gasteiger partial charge in [-0.1, -0.05) is 82.3 Å². The maximum atomic E-state index is 13.0. The van der Waals surface area contributed by atoms with Crippen molar-refractivity contribution in [2.45, 2.75) is 45.4 Å². The fourth-order valence-corrected chi connectivity index (χ4v) is 4.28. The molecule has 31 heavy (non-hydrogen) atoms. The highest BCUT2D eigenvalue weighted by atomic mass is 16.5. The quantitative estimate of drug-likeness (QED) is 0.472. The summed E-state index contributed by atoms with van der Waals surface area (Å²) in [4.78, 5) is 13.0. The zero-order valence-corrected chi connectivity index (χ0v) is 18.6. The summed E-state index contributed by atoms with van der Waals surface area (Å²) in [5.74, 6) is 2.38. The molecule has 0 aliphatic carbocycles. The molecule has 0 spiro atoms. The Balaban J connectivity index is 1.56. The number of hydrogen-bond donors (Lipinski definition) is 2. The lowest BCUT2D eigenvalue weighted by molar-refractivity contribution is 0.251. The second-order valence-corrected chi connectivity index (χ2v) is 8.69. The molecule has 2 amide bonds. The van der Waals surface area contributed by atoms with E-state index in [2.05, 4.69) is 68.7 Å². The van der Waals surface area contributed by atoms with E-state index in [-0.39, 0.29) is 11.9 Å². The number of amides is 2. The number of urea groups is 1. The molecule has 4 heteroatoms. The molecular formula is C27H30N2O2. The number of nitrogens with one attached hydrogen (secondary N) is 2. The van der Waals surface area contributed by atoms with Crippen LogP contribution in [0.15, 0.2) is 66.7 Å². The van der Waals surface area contributed by atoms with E-state index in [1.54, 1.807) is 0 Å². The van der Waals surface area contributed by atoms with E-state index < -0.39 is 0 Å². The van der Waals surface area contributed by atoms with Crippen LogP contribution in [0.1, 0.15) is 67.7 Å². The maximum Gasteiger partial charge on any atom is 0.319 e. The first kappa shape index (κ1) is 21.0. The van der Waals surface area contributed by atoms with E-state index in [0.717, 1.165) is 39.4 Å². The third-order valence-corrected chi connectivity index (χ3v) is 5.89. The third kappa shape index (κ3) is 4.29. The van der Waals surface area contributed by atoms with E-state index in [1.165, 1.54) is 0 Å². The molecule has 1 heterocycles. The summed E-state index contributed by atoms with van der Waals surface area (Å²) in [6.45, 7) is 9.09. The third-order valence-electron chi connectivity index (χ3n) is 5.89. The van der Waals surface area contributed by atoms with Crippen LogP contribution in [0.5, 0.6) is 11.5 Å². The highest BCUT2D eigenvalue weighted by Crippen LogP contribution is 2.43. The Kier molecular flexibility index (Phi) is 5.99. The van der Waals surface area contributed by atoms with Gasteiger partial charge in [0.05, 0.1) is 0 Å². The van der Waals surface area contributed by atoms with Gasteiger partial charge in [0.2, 0.25) is 0 Å². The molecule has 4 rings (SSSR count). The molecule has 0 saturated heterocycles. The van der Waals surface area contributed by atoms with Crippen LogP contribution < -0.4 is 15.4 Å². The normalized spacial score (nSPS) is 12.8. The average molecular weight is 415 g/mol. The van der Waals surface area contributed by atoms with Gasteiger partial charge >= 0.3 is 6.03 Å². The van der Waals surface area contributed by atoms with Crippen molar-refractivity contribution in [3.8, 4) is 11.5 Å². The Bertz CT molecular complexity index is 1020. The second-order valence-electron chi connectivity index (χ2n) is 8.69. The van der Waals surface area contributed by atoms with Crippen LogP contribution in [0.25, 0.3) is 0 Å². The SMILES string of the molecule is CC(C)c1cccc(C(C)C)c1NC(=O)NCC1c2ccccc2Oc2ccccc21. The Morgan fingerprint density at radius 1 is 0.806 bits per heavy atom. The number of hydrogen-bond acceptors (Lipinski definition) is 2. The highest BCUT2D eigenvalue weighted by Gasteiger charge is 2.27. The second kappa shape index (κ2) is 8.84. The van der Waals surface area contributed by atoms with Crippen molar-refractivity contribution in [3.05, 3.63) is 89.0 Å². The van der Waals surface area contributed by atoms with Crippen molar-refractivity contribution in [2.24, 2.45) is 0 Å². The number of carbonyl (C=O) groups excluding carboxylic acids is 1. The molecule has 0 aromatic heterocycles. The van der Waals surface area contributed by atoms with Crippen LogP contribution >= 0.6 is 0 Å². The average Bonchev–Trinajstić information content (AvgIpc) is 2.76. The summed E-state index contributed by atoms with van der Waals surface area (Å²) in [5.41, 5.74) is 5.42. The molecule has 0 atom stereocenters. The summed E-state index contributed by atoms with van der Waals surface area (Å²) in [5, 5.41) is 6.26. The minimum absolute atomic E-state index is 0.0387. The van der Waals surface area contributed by atoms with Crippen LogP contribution in [0.4, 0.5) is 10.5 Å². The van der Waals surface area contributed by atoms with Gasteiger partial charge in [-0.2, -0.15) is 0 Å². The lowest BCUT2D eigenvalue weighted by Gasteiger charge is -2.28. The van der Waals surface area contributed by atoms with Crippen molar-refractivity contribution in [2.75, 3.05) is 11.9 Å². The maximum absolute atomic E-state index is 13.0. The van der Waals surface area contributed by atoms with Gasteiger partial charge < -0.3 is 15.4 Å². The first-order chi connectivity index (χ1) is 15.0. The predicted molar refractivity (Wildman–Crippen MR) is 126 cm³/mol. The van der Waals surface area contributed by atoms with Gasteiger partial charge in [0.25, 0.3) is 0 Å². The monoisotopic (exact) mass is 414 g/mol. The molecule has 0 radical (unpaired) electrons. The first-order valence-electron chi connectivity index (χ1n) is 11.0. The minimum Gasteiger partial charge on any atom is -0.457 e. The Morgan fingerprint density at radius 3 is 1.84 bits per heavy atom. The zero-order chi connectivity index (χ0) is 22.0. The summed E-state index contributed by atoms with van der Waals surface area (Å²) in [6.07, 6.45) is 0. The molecule has 1 aliphatic rings. The number of fused-ring (bicyclic) bond motifs is 2. The molecule has 0 fully saturated rings. The Morgan fingerprint density at radius 2 is 1.32 bits per heavy atom. The zero-order valence-electron chi connectivity index (χ0n) is 18.6. The van der Waals surface area contributed by atoms with Crippen molar-refractivity contribution in [1.82, 2.24) is 5.32 Å². The van der Waals surface area contributed by atoms with Crippen LogP contribution in [-0.4, -0.2) is 12.6 Å².